The zero-order chi connectivity index (χ0) is 30.1. The van der Waals surface area contributed by atoms with Crippen molar-refractivity contribution in [3.8, 4) is 22.6 Å². The molecule has 5 heteroatoms. The van der Waals surface area contributed by atoms with Crippen molar-refractivity contribution in [3.63, 3.8) is 0 Å². The van der Waals surface area contributed by atoms with E-state index in [1.165, 1.54) is 4.70 Å². The van der Waals surface area contributed by atoms with E-state index in [-0.39, 0.29) is 0 Å². The summed E-state index contributed by atoms with van der Waals surface area (Å²) in [5.41, 5.74) is 8.53. The monoisotopic (exact) mass is 595 g/mol. The minimum absolute atomic E-state index is 0.649. The Labute approximate surface area is 262 Å². The maximum absolute atomic E-state index is 6.92. The molecule has 0 atom stereocenters. The highest BCUT2D eigenvalue weighted by molar-refractivity contribution is 7.26. The maximum atomic E-state index is 6.92. The molecule has 0 N–H and O–H groups in total. The molecule has 9 aromatic rings. The summed E-state index contributed by atoms with van der Waals surface area (Å²) in [6, 6.07) is 37.8. The number of nitrogens with zero attached hydrogens (tertiary/aromatic N) is 3. The van der Waals surface area contributed by atoms with Gasteiger partial charge in [0.15, 0.2) is 5.82 Å². The summed E-state index contributed by atoms with van der Waals surface area (Å²) in [4.78, 5) is 10.5. The first-order valence-corrected chi connectivity index (χ1v) is 15.6. The summed E-state index contributed by atoms with van der Waals surface area (Å²) < 4.78 is 11.4. The van der Waals surface area contributed by atoms with Gasteiger partial charge in [-0.25, -0.2) is 9.97 Å². The SMILES string of the molecule is C=C/C=C(\C=C)n1c2ccccc2c2c3oc4c(-c5nc(-c6ccccc6)c6sc7ccccc7c6n5)cccc4c3ccc21. The van der Waals surface area contributed by atoms with E-state index in [9.17, 15) is 0 Å². The minimum Gasteiger partial charge on any atom is -0.455 e. The molecule has 0 bridgehead atoms. The molecule has 4 aromatic heterocycles. The van der Waals surface area contributed by atoms with Crippen LogP contribution in [0.3, 0.4) is 0 Å². The summed E-state index contributed by atoms with van der Waals surface area (Å²) in [6.07, 6.45) is 5.63. The fourth-order valence-electron chi connectivity index (χ4n) is 6.62. The molecule has 0 aliphatic carbocycles. The van der Waals surface area contributed by atoms with Crippen LogP contribution >= 0.6 is 11.3 Å². The Hall–Kier alpha value is -5.78. The van der Waals surface area contributed by atoms with Crippen molar-refractivity contribution in [2.45, 2.75) is 0 Å². The largest absolute Gasteiger partial charge is 0.455 e. The maximum Gasteiger partial charge on any atom is 0.164 e. The van der Waals surface area contributed by atoms with Gasteiger partial charge in [0.25, 0.3) is 0 Å². The number of hydrogen-bond acceptors (Lipinski definition) is 4. The fraction of sp³-hybridized carbons (Fsp3) is 0. The Morgan fingerprint density at radius 2 is 1.44 bits per heavy atom. The summed E-state index contributed by atoms with van der Waals surface area (Å²) >= 11 is 1.74. The number of allylic oxidation sites excluding steroid dienone is 4. The van der Waals surface area contributed by atoms with Gasteiger partial charge in [0.2, 0.25) is 0 Å². The molecule has 4 heterocycles. The van der Waals surface area contributed by atoms with E-state index in [4.69, 9.17) is 14.4 Å². The van der Waals surface area contributed by atoms with Gasteiger partial charge in [-0.3, -0.25) is 0 Å². The van der Waals surface area contributed by atoms with Gasteiger partial charge < -0.3 is 8.98 Å². The lowest BCUT2D eigenvalue weighted by atomic mass is 10.1. The molecular formula is C40H25N3OS. The van der Waals surface area contributed by atoms with Gasteiger partial charge in [-0.2, -0.15) is 0 Å². The third-order valence-electron chi connectivity index (χ3n) is 8.56. The molecule has 0 unspecified atom stereocenters. The molecule has 212 valence electrons. The smallest absolute Gasteiger partial charge is 0.164 e. The topological polar surface area (TPSA) is 43.9 Å². The van der Waals surface area contributed by atoms with Gasteiger partial charge in [-0.15, -0.1) is 11.3 Å². The Balaban J connectivity index is 1.38. The number of fused-ring (bicyclic) bond motifs is 10. The van der Waals surface area contributed by atoms with Gasteiger partial charge >= 0.3 is 0 Å². The van der Waals surface area contributed by atoms with Crippen LogP contribution in [0.1, 0.15) is 0 Å². The Bertz CT molecular complexity index is 2690. The first-order chi connectivity index (χ1) is 22.2. The quantitative estimate of drug-likeness (QED) is 0.186. The molecule has 0 amide bonds. The number of thiophene rings is 1. The van der Waals surface area contributed by atoms with Crippen LogP contribution in [-0.2, 0) is 0 Å². The van der Waals surface area contributed by atoms with Crippen LogP contribution in [0, 0.1) is 0 Å². The standard InChI is InChI=1S/C40H25N3OS/c1-3-13-25(4-2)43-31-20-10-8-16-28(31)34-32(43)23-22-27-26-18-12-19-30(37(26)44-38(27)34)40-41-35(24-14-6-5-7-15-24)39-36(42-40)29-17-9-11-21-33(29)45-39/h3-23H,1-2H2/b25-13+. The van der Waals surface area contributed by atoms with Crippen LogP contribution in [0.4, 0.5) is 0 Å². The molecule has 5 aromatic carbocycles. The molecule has 0 aliphatic heterocycles. The molecule has 0 saturated carbocycles. The third kappa shape index (κ3) is 3.71. The number of para-hydroxylation sites is 2. The summed E-state index contributed by atoms with van der Waals surface area (Å²) in [7, 11) is 0. The van der Waals surface area contributed by atoms with Crippen molar-refractivity contribution in [3.05, 3.63) is 141 Å². The second-order valence-corrected chi connectivity index (χ2v) is 12.1. The van der Waals surface area contributed by atoms with Crippen LogP contribution in [-0.4, -0.2) is 14.5 Å². The molecular weight excluding hydrogens is 571 g/mol. The van der Waals surface area contributed by atoms with Crippen molar-refractivity contribution < 1.29 is 4.42 Å². The first kappa shape index (κ1) is 25.7. The zero-order valence-electron chi connectivity index (χ0n) is 24.2. The molecule has 0 fully saturated rings. The van der Waals surface area contributed by atoms with Crippen LogP contribution < -0.4 is 0 Å². The second-order valence-electron chi connectivity index (χ2n) is 11.0. The highest BCUT2D eigenvalue weighted by Gasteiger charge is 2.22. The lowest BCUT2D eigenvalue weighted by molar-refractivity contribution is 0.673. The minimum atomic E-state index is 0.649. The van der Waals surface area contributed by atoms with Crippen LogP contribution in [0.15, 0.2) is 145 Å². The average Bonchev–Trinajstić information content (AvgIpc) is 3.77. The normalized spacial score (nSPS) is 12.3. The number of furan rings is 1. The van der Waals surface area contributed by atoms with Gasteiger partial charge in [0.05, 0.1) is 37.9 Å². The summed E-state index contributed by atoms with van der Waals surface area (Å²) in [5.74, 6) is 0.649. The summed E-state index contributed by atoms with van der Waals surface area (Å²) in [5, 5.41) is 5.40. The molecule has 0 spiro atoms. The predicted molar refractivity (Wildman–Crippen MR) is 191 cm³/mol. The fourth-order valence-corrected chi connectivity index (χ4v) is 7.77. The van der Waals surface area contributed by atoms with E-state index in [0.717, 1.165) is 81.9 Å². The van der Waals surface area contributed by atoms with Gasteiger partial charge in [-0.05, 0) is 42.5 Å². The van der Waals surface area contributed by atoms with Crippen molar-refractivity contribution in [1.29, 1.82) is 0 Å². The van der Waals surface area contributed by atoms with E-state index in [0.29, 0.717) is 5.82 Å². The van der Waals surface area contributed by atoms with Crippen LogP contribution in [0.25, 0.3) is 92.4 Å². The molecule has 9 rings (SSSR count). The number of rotatable bonds is 5. The predicted octanol–water partition coefficient (Wildman–Crippen LogP) is 11.4. The van der Waals surface area contributed by atoms with E-state index in [1.54, 1.807) is 17.4 Å². The van der Waals surface area contributed by atoms with Crippen molar-refractivity contribution in [2.24, 2.45) is 0 Å². The highest BCUT2D eigenvalue weighted by Crippen LogP contribution is 2.44. The van der Waals surface area contributed by atoms with Gasteiger partial charge in [-0.1, -0.05) is 98.1 Å². The molecule has 0 saturated heterocycles. The van der Waals surface area contributed by atoms with E-state index in [2.05, 4.69) is 121 Å². The van der Waals surface area contributed by atoms with E-state index >= 15 is 0 Å². The number of benzene rings is 5. The third-order valence-corrected chi connectivity index (χ3v) is 9.73. The molecule has 45 heavy (non-hydrogen) atoms. The number of hydrogen-bond donors (Lipinski definition) is 0. The molecule has 0 radical (unpaired) electrons. The molecule has 0 aliphatic rings. The van der Waals surface area contributed by atoms with Crippen molar-refractivity contribution in [2.75, 3.05) is 0 Å². The lowest BCUT2D eigenvalue weighted by Gasteiger charge is -2.07. The first-order valence-electron chi connectivity index (χ1n) is 14.8. The highest BCUT2D eigenvalue weighted by atomic mass is 32.1. The number of aromatic nitrogens is 3. The Morgan fingerprint density at radius 3 is 2.29 bits per heavy atom. The average molecular weight is 596 g/mol. The second kappa shape index (κ2) is 9.88. The van der Waals surface area contributed by atoms with Crippen molar-refractivity contribution in [1.82, 2.24) is 14.5 Å². The van der Waals surface area contributed by atoms with Gasteiger partial charge in [0, 0.05) is 37.5 Å². The van der Waals surface area contributed by atoms with Crippen molar-refractivity contribution >= 4 is 81.1 Å². The molecule has 4 nitrogen and oxygen atoms in total. The Kier molecular flexibility index (Phi) is 5.64. The van der Waals surface area contributed by atoms with Crippen LogP contribution in [0.2, 0.25) is 0 Å². The zero-order valence-corrected chi connectivity index (χ0v) is 25.0. The van der Waals surface area contributed by atoms with E-state index in [1.807, 2.05) is 18.2 Å². The van der Waals surface area contributed by atoms with Gasteiger partial charge in [0.1, 0.15) is 11.2 Å². The van der Waals surface area contributed by atoms with E-state index < -0.39 is 0 Å². The lowest BCUT2D eigenvalue weighted by Crippen LogP contribution is -1.93. The summed E-state index contributed by atoms with van der Waals surface area (Å²) in [6.45, 7) is 8.01. The van der Waals surface area contributed by atoms with Crippen LogP contribution in [0.5, 0.6) is 0 Å². The Morgan fingerprint density at radius 1 is 0.689 bits per heavy atom.